The molecule has 0 fully saturated rings. The molecule has 2 aromatic rings. The second-order valence-corrected chi connectivity index (χ2v) is 8.25. The Morgan fingerprint density at radius 3 is 2.38 bits per heavy atom. The molecule has 0 N–H and O–H groups in total. The number of fused-ring (bicyclic) bond motifs is 1. The van der Waals surface area contributed by atoms with Crippen LogP contribution in [0, 0.1) is 0 Å². The van der Waals surface area contributed by atoms with E-state index in [0.29, 0.717) is 6.54 Å². The van der Waals surface area contributed by atoms with Crippen molar-refractivity contribution in [3.05, 3.63) is 65.7 Å². The van der Waals surface area contributed by atoms with Gasteiger partial charge in [-0.05, 0) is 17.2 Å². The Morgan fingerprint density at radius 1 is 1.08 bits per heavy atom. The van der Waals surface area contributed by atoms with Crippen molar-refractivity contribution in [1.29, 1.82) is 0 Å². The number of hydrogen-bond acceptors (Lipinski definition) is 3. The molecular weight excluding hydrogens is 324 g/mol. The maximum Gasteiger partial charge on any atom is 0.243 e. The number of para-hydroxylation sites is 1. The van der Waals surface area contributed by atoms with Gasteiger partial charge in [-0.3, -0.25) is 4.79 Å². The molecule has 126 valence electrons. The zero-order valence-electron chi connectivity index (χ0n) is 13.7. The largest absolute Gasteiger partial charge is 0.310 e. The molecule has 0 unspecified atom stereocenters. The normalized spacial score (nSPS) is 17.1. The average molecular weight is 344 g/mol. The van der Waals surface area contributed by atoms with E-state index in [1.165, 1.54) is 14.1 Å². The van der Waals surface area contributed by atoms with Crippen LogP contribution < -0.4 is 4.90 Å². The molecule has 0 bridgehead atoms. The smallest absolute Gasteiger partial charge is 0.243 e. The van der Waals surface area contributed by atoms with Crippen LogP contribution in [-0.4, -0.2) is 45.0 Å². The molecule has 1 aliphatic heterocycles. The summed E-state index contributed by atoms with van der Waals surface area (Å²) in [5, 5.41) is 0. The average Bonchev–Trinajstić information content (AvgIpc) is 2.95. The number of carbonyl (C=O) groups excluding carboxylic acids is 1. The summed E-state index contributed by atoms with van der Waals surface area (Å²) in [6.07, 6.45) is 0. The minimum Gasteiger partial charge on any atom is -0.310 e. The molecular formula is C18H20N2O3S. The minimum atomic E-state index is -3.58. The fourth-order valence-corrected chi connectivity index (χ4v) is 3.70. The summed E-state index contributed by atoms with van der Waals surface area (Å²) in [5.74, 6) is -0.849. The standard InChI is InChI=1S/C18H20N2O3S/c1-19(2)24(22,23)13-18(21)20-12-16(14-8-4-3-5-9-14)15-10-6-7-11-17(15)20/h3-11,16H,12-13H2,1-2H3/t16-/m1/s1. The number of rotatable bonds is 4. The third-order valence-corrected chi connectivity index (χ3v) is 6.06. The molecule has 0 saturated heterocycles. The summed E-state index contributed by atoms with van der Waals surface area (Å²) in [7, 11) is -0.702. The lowest BCUT2D eigenvalue weighted by Gasteiger charge is -2.19. The van der Waals surface area contributed by atoms with Crippen LogP contribution >= 0.6 is 0 Å². The number of carbonyl (C=O) groups is 1. The topological polar surface area (TPSA) is 57.7 Å². The van der Waals surface area contributed by atoms with Gasteiger partial charge in [-0.1, -0.05) is 48.5 Å². The highest BCUT2D eigenvalue weighted by Crippen LogP contribution is 2.40. The van der Waals surface area contributed by atoms with Crippen LogP contribution in [0.1, 0.15) is 17.0 Å². The van der Waals surface area contributed by atoms with Gasteiger partial charge in [-0.15, -0.1) is 0 Å². The van der Waals surface area contributed by atoms with Crippen LogP contribution in [-0.2, 0) is 14.8 Å². The van der Waals surface area contributed by atoms with E-state index in [4.69, 9.17) is 0 Å². The lowest BCUT2D eigenvalue weighted by Crippen LogP contribution is -2.38. The maximum absolute atomic E-state index is 12.6. The molecule has 1 heterocycles. The third-order valence-electron chi connectivity index (χ3n) is 4.33. The van der Waals surface area contributed by atoms with Crippen molar-refractivity contribution < 1.29 is 13.2 Å². The molecule has 1 amide bonds. The first kappa shape index (κ1) is 16.7. The molecule has 24 heavy (non-hydrogen) atoms. The van der Waals surface area contributed by atoms with Crippen molar-refractivity contribution in [2.24, 2.45) is 0 Å². The number of hydrogen-bond donors (Lipinski definition) is 0. The van der Waals surface area contributed by atoms with Gasteiger partial charge in [-0.25, -0.2) is 12.7 Å². The van der Waals surface area contributed by atoms with E-state index < -0.39 is 21.7 Å². The Morgan fingerprint density at radius 2 is 1.71 bits per heavy atom. The molecule has 0 aromatic heterocycles. The lowest BCUT2D eigenvalue weighted by molar-refractivity contribution is -0.116. The Kier molecular flexibility index (Phi) is 4.43. The van der Waals surface area contributed by atoms with E-state index in [1.54, 1.807) is 4.90 Å². The fraction of sp³-hybridized carbons (Fsp3) is 0.278. The van der Waals surface area contributed by atoms with Gasteiger partial charge in [0.05, 0.1) is 0 Å². The molecule has 0 spiro atoms. The van der Waals surface area contributed by atoms with Crippen molar-refractivity contribution in [1.82, 2.24) is 4.31 Å². The second kappa shape index (κ2) is 6.37. The summed E-state index contributed by atoms with van der Waals surface area (Å²) in [5.41, 5.74) is 2.97. The van der Waals surface area contributed by atoms with Crippen LogP contribution in [0.15, 0.2) is 54.6 Å². The number of nitrogens with zero attached hydrogens (tertiary/aromatic N) is 2. The highest BCUT2D eigenvalue weighted by atomic mass is 32.2. The van der Waals surface area contributed by atoms with Gasteiger partial charge >= 0.3 is 0 Å². The van der Waals surface area contributed by atoms with Crippen molar-refractivity contribution in [2.75, 3.05) is 31.3 Å². The van der Waals surface area contributed by atoms with Crippen molar-refractivity contribution in [3.8, 4) is 0 Å². The SMILES string of the molecule is CN(C)S(=O)(=O)CC(=O)N1C[C@H](c2ccccc2)c2ccccc21. The van der Waals surface area contributed by atoms with Gasteiger partial charge in [0.1, 0.15) is 5.75 Å². The molecule has 0 aliphatic carbocycles. The van der Waals surface area contributed by atoms with Gasteiger partial charge in [0.25, 0.3) is 0 Å². The van der Waals surface area contributed by atoms with Crippen molar-refractivity contribution in [2.45, 2.75) is 5.92 Å². The zero-order valence-corrected chi connectivity index (χ0v) is 14.5. The fourth-order valence-electron chi connectivity index (χ4n) is 2.98. The molecule has 2 aromatic carbocycles. The maximum atomic E-state index is 12.6. The lowest BCUT2D eigenvalue weighted by atomic mass is 9.93. The molecule has 5 nitrogen and oxygen atoms in total. The first-order valence-corrected chi connectivity index (χ1v) is 9.35. The summed E-state index contributed by atoms with van der Waals surface area (Å²) in [6.45, 7) is 0.463. The highest BCUT2D eigenvalue weighted by molar-refractivity contribution is 7.89. The molecule has 1 atom stereocenters. The first-order valence-electron chi connectivity index (χ1n) is 7.74. The van der Waals surface area contributed by atoms with Gasteiger partial charge in [0, 0.05) is 32.2 Å². The molecule has 1 aliphatic rings. The van der Waals surface area contributed by atoms with Gasteiger partial charge < -0.3 is 4.90 Å². The van der Waals surface area contributed by atoms with Gasteiger partial charge in [0.2, 0.25) is 15.9 Å². The Balaban J connectivity index is 1.93. The van der Waals surface area contributed by atoms with Gasteiger partial charge in [-0.2, -0.15) is 0 Å². The summed E-state index contributed by atoms with van der Waals surface area (Å²) < 4.78 is 25.2. The third kappa shape index (κ3) is 3.07. The van der Waals surface area contributed by atoms with Crippen molar-refractivity contribution >= 4 is 21.6 Å². The van der Waals surface area contributed by atoms with E-state index >= 15 is 0 Å². The number of amides is 1. The van der Waals surface area contributed by atoms with Crippen LogP contribution in [0.2, 0.25) is 0 Å². The second-order valence-electron chi connectivity index (χ2n) is 6.07. The predicted octanol–water partition coefficient (Wildman–Crippen LogP) is 2.06. The van der Waals surface area contributed by atoms with Gasteiger partial charge in [0.15, 0.2) is 0 Å². The van der Waals surface area contributed by atoms with E-state index in [9.17, 15) is 13.2 Å². The van der Waals surface area contributed by atoms with Crippen LogP contribution in [0.3, 0.4) is 0 Å². The Bertz CT molecular complexity index is 848. The summed E-state index contributed by atoms with van der Waals surface area (Å²) >= 11 is 0. The zero-order chi connectivity index (χ0) is 17.3. The predicted molar refractivity (Wildman–Crippen MR) is 94.6 cm³/mol. The van der Waals surface area contributed by atoms with E-state index in [0.717, 1.165) is 21.1 Å². The monoisotopic (exact) mass is 344 g/mol. The Hall–Kier alpha value is -2.18. The number of sulfonamides is 1. The summed E-state index contributed by atoms with van der Waals surface area (Å²) in [4.78, 5) is 14.2. The van der Waals surface area contributed by atoms with Crippen LogP contribution in [0.25, 0.3) is 0 Å². The van der Waals surface area contributed by atoms with E-state index in [1.807, 2.05) is 54.6 Å². The number of benzene rings is 2. The quantitative estimate of drug-likeness (QED) is 0.853. The van der Waals surface area contributed by atoms with Crippen LogP contribution in [0.4, 0.5) is 5.69 Å². The van der Waals surface area contributed by atoms with Crippen molar-refractivity contribution in [3.63, 3.8) is 0 Å². The molecule has 0 saturated carbocycles. The first-order chi connectivity index (χ1) is 11.4. The minimum absolute atomic E-state index is 0.0633. The molecule has 3 rings (SSSR count). The van der Waals surface area contributed by atoms with E-state index in [2.05, 4.69) is 0 Å². The van der Waals surface area contributed by atoms with E-state index in [-0.39, 0.29) is 5.92 Å². The molecule has 0 radical (unpaired) electrons. The highest BCUT2D eigenvalue weighted by Gasteiger charge is 2.34. The number of anilines is 1. The summed E-state index contributed by atoms with van der Waals surface area (Å²) in [6, 6.07) is 17.7. The van der Waals surface area contributed by atoms with Crippen LogP contribution in [0.5, 0.6) is 0 Å². The Labute approximate surface area is 142 Å². The molecule has 6 heteroatoms.